The summed E-state index contributed by atoms with van der Waals surface area (Å²) in [7, 11) is 0. The summed E-state index contributed by atoms with van der Waals surface area (Å²) in [6.07, 6.45) is 0.859. The van der Waals surface area contributed by atoms with Gasteiger partial charge in [-0.1, -0.05) is 18.5 Å². The number of carbonyl (C=O) groups is 1. The number of halogens is 1. The van der Waals surface area contributed by atoms with Gasteiger partial charge in [0.25, 0.3) is 0 Å². The molecule has 1 fully saturated rings. The first-order valence-electron chi connectivity index (χ1n) is 5.93. The predicted octanol–water partition coefficient (Wildman–Crippen LogP) is 2.34. The fourth-order valence-electron chi connectivity index (χ4n) is 2.50. The number of hydrogen-bond acceptors (Lipinski definition) is 3. The summed E-state index contributed by atoms with van der Waals surface area (Å²) < 4.78 is 0. The van der Waals surface area contributed by atoms with E-state index in [2.05, 4.69) is 0 Å². The van der Waals surface area contributed by atoms with Crippen molar-refractivity contribution in [3.63, 3.8) is 0 Å². The molecular formula is C13H16ClNO3. The van der Waals surface area contributed by atoms with Crippen LogP contribution in [0, 0.1) is 5.92 Å². The van der Waals surface area contributed by atoms with E-state index in [1.54, 1.807) is 12.1 Å². The number of rotatable bonds is 3. The molecule has 0 aromatic heterocycles. The van der Waals surface area contributed by atoms with Gasteiger partial charge >= 0.3 is 5.97 Å². The van der Waals surface area contributed by atoms with Gasteiger partial charge < -0.3 is 10.2 Å². The van der Waals surface area contributed by atoms with E-state index >= 15 is 0 Å². The van der Waals surface area contributed by atoms with Crippen LogP contribution in [0.4, 0.5) is 0 Å². The molecule has 2 atom stereocenters. The van der Waals surface area contributed by atoms with Gasteiger partial charge in [-0.2, -0.15) is 0 Å². The topological polar surface area (TPSA) is 60.8 Å². The highest BCUT2D eigenvalue weighted by molar-refractivity contribution is 6.30. The maximum absolute atomic E-state index is 11.2. The maximum Gasteiger partial charge on any atom is 0.321 e. The van der Waals surface area contributed by atoms with Crippen LogP contribution in [0.2, 0.25) is 5.02 Å². The molecule has 1 aromatic rings. The van der Waals surface area contributed by atoms with Gasteiger partial charge in [0.2, 0.25) is 0 Å². The summed E-state index contributed by atoms with van der Waals surface area (Å²) in [5.74, 6) is -0.520. The van der Waals surface area contributed by atoms with Gasteiger partial charge in [-0.05, 0) is 37.1 Å². The smallest absolute Gasteiger partial charge is 0.321 e. The molecule has 0 radical (unpaired) electrons. The molecule has 1 aromatic carbocycles. The molecule has 2 unspecified atom stereocenters. The first kappa shape index (κ1) is 13.2. The second kappa shape index (κ2) is 5.16. The SMILES string of the molecule is CC1CCN(Cc2cc(Cl)ccc2O)C1C(=O)O. The Morgan fingerprint density at radius 3 is 2.94 bits per heavy atom. The first-order valence-corrected chi connectivity index (χ1v) is 6.31. The predicted molar refractivity (Wildman–Crippen MR) is 68.7 cm³/mol. The minimum atomic E-state index is -0.804. The molecule has 1 heterocycles. The van der Waals surface area contributed by atoms with Gasteiger partial charge in [0.05, 0.1) is 0 Å². The second-order valence-electron chi connectivity index (χ2n) is 4.79. The van der Waals surface area contributed by atoms with E-state index in [1.165, 1.54) is 6.07 Å². The minimum Gasteiger partial charge on any atom is -0.508 e. The summed E-state index contributed by atoms with van der Waals surface area (Å²) in [6.45, 7) is 3.08. The van der Waals surface area contributed by atoms with Crippen molar-refractivity contribution in [2.75, 3.05) is 6.54 Å². The lowest BCUT2D eigenvalue weighted by molar-refractivity contribution is -0.143. The summed E-state index contributed by atoms with van der Waals surface area (Å²) in [5.41, 5.74) is 0.669. The quantitative estimate of drug-likeness (QED) is 0.884. The number of carboxylic acid groups (broad SMARTS) is 1. The van der Waals surface area contributed by atoms with E-state index in [0.29, 0.717) is 17.1 Å². The summed E-state index contributed by atoms with van der Waals surface area (Å²) >= 11 is 5.88. The molecule has 1 aliphatic heterocycles. The Bertz CT molecular complexity index is 464. The zero-order chi connectivity index (χ0) is 13.3. The number of phenols is 1. The molecule has 0 bridgehead atoms. The minimum absolute atomic E-state index is 0.129. The average Bonchev–Trinajstić information content (AvgIpc) is 2.65. The van der Waals surface area contributed by atoms with Crippen molar-refractivity contribution in [2.45, 2.75) is 25.9 Å². The van der Waals surface area contributed by atoms with Crippen LogP contribution in [-0.4, -0.2) is 33.7 Å². The number of aromatic hydroxyl groups is 1. The number of carboxylic acids is 1. The Kier molecular flexibility index (Phi) is 3.78. The highest BCUT2D eigenvalue weighted by Gasteiger charge is 2.36. The molecule has 1 saturated heterocycles. The van der Waals surface area contributed by atoms with Gasteiger partial charge in [0, 0.05) is 17.1 Å². The lowest BCUT2D eigenvalue weighted by Crippen LogP contribution is -2.38. The van der Waals surface area contributed by atoms with Gasteiger partial charge in [-0.15, -0.1) is 0 Å². The fourth-order valence-corrected chi connectivity index (χ4v) is 2.70. The molecule has 2 N–H and O–H groups in total. The van der Waals surface area contributed by atoms with Crippen LogP contribution in [0.25, 0.3) is 0 Å². The van der Waals surface area contributed by atoms with Crippen LogP contribution in [0.1, 0.15) is 18.9 Å². The Balaban J connectivity index is 2.18. The summed E-state index contributed by atoms with van der Waals surface area (Å²) in [5, 5.41) is 19.5. The lowest BCUT2D eigenvalue weighted by atomic mass is 10.0. The van der Waals surface area contributed by atoms with Crippen LogP contribution in [0.3, 0.4) is 0 Å². The largest absolute Gasteiger partial charge is 0.508 e. The van der Waals surface area contributed by atoms with Crippen LogP contribution in [0.15, 0.2) is 18.2 Å². The first-order chi connectivity index (χ1) is 8.49. The number of benzene rings is 1. The third-order valence-electron chi connectivity index (χ3n) is 3.47. The number of nitrogens with zero attached hydrogens (tertiary/aromatic N) is 1. The molecule has 5 heteroatoms. The highest BCUT2D eigenvalue weighted by atomic mass is 35.5. The maximum atomic E-state index is 11.2. The van der Waals surface area contributed by atoms with E-state index < -0.39 is 12.0 Å². The van der Waals surface area contributed by atoms with Gasteiger partial charge in [-0.25, -0.2) is 0 Å². The Morgan fingerprint density at radius 1 is 1.56 bits per heavy atom. The standard InChI is InChI=1S/C13H16ClNO3/c1-8-4-5-15(12(8)13(17)18)7-9-6-10(14)2-3-11(9)16/h2-3,6,8,12,16H,4-5,7H2,1H3,(H,17,18). The Hall–Kier alpha value is -1.26. The Labute approximate surface area is 111 Å². The third-order valence-corrected chi connectivity index (χ3v) is 3.71. The lowest BCUT2D eigenvalue weighted by Gasteiger charge is -2.23. The molecular weight excluding hydrogens is 254 g/mol. The number of phenolic OH excluding ortho intramolecular Hbond substituents is 1. The van der Waals surface area contributed by atoms with Crippen molar-refractivity contribution in [1.29, 1.82) is 0 Å². The van der Waals surface area contributed by atoms with Crippen molar-refractivity contribution in [3.05, 3.63) is 28.8 Å². The molecule has 1 aliphatic rings. The van der Waals surface area contributed by atoms with Crippen molar-refractivity contribution < 1.29 is 15.0 Å². The van der Waals surface area contributed by atoms with E-state index in [-0.39, 0.29) is 11.7 Å². The number of hydrogen-bond donors (Lipinski definition) is 2. The molecule has 18 heavy (non-hydrogen) atoms. The highest BCUT2D eigenvalue weighted by Crippen LogP contribution is 2.29. The molecule has 98 valence electrons. The second-order valence-corrected chi connectivity index (χ2v) is 5.23. The monoisotopic (exact) mass is 269 g/mol. The zero-order valence-corrected chi connectivity index (χ0v) is 10.9. The fraction of sp³-hybridized carbons (Fsp3) is 0.462. The van der Waals surface area contributed by atoms with Crippen LogP contribution in [0.5, 0.6) is 5.75 Å². The molecule has 0 saturated carbocycles. The average molecular weight is 270 g/mol. The Morgan fingerprint density at radius 2 is 2.28 bits per heavy atom. The molecule has 0 spiro atoms. The van der Waals surface area contributed by atoms with E-state index in [9.17, 15) is 15.0 Å². The van der Waals surface area contributed by atoms with Crippen molar-refractivity contribution in [1.82, 2.24) is 4.90 Å². The van der Waals surface area contributed by atoms with Crippen molar-refractivity contribution >= 4 is 17.6 Å². The van der Waals surface area contributed by atoms with Crippen LogP contribution < -0.4 is 0 Å². The third kappa shape index (κ3) is 2.60. The van der Waals surface area contributed by atoms with Gasteiger partial charge in [0.15, 0.2) is 0 Å². The van der Waals surface area contributed by atoms with Gasteiger partial charge in [-0.3, -0.25) is 9.69 Å². The number of likely N-dealkylation sites (tertiary alicyclic amines) is 1. The van der Waals surface area contributed by atoms with Crippen LogP contribution in [-0.2, 0) is 11.3 Å². The molecule has 0 amide bonds. The zero-order valence-electron chi connectivity index (χ0n) is 10.1. The van der Waals surface area contributed by atoms with E-state index in [0.717, 1.165) is 13.0 Å². The number of aliphatic carboxylic acids is 1. The van der Waals surface area contributed by atoms with Gasteiger partial charge in [0.1, 0.15) is 11.8 Å². The van der Waals surface area contributed by atoms with E-state index in [1.807, 2.05) is 11.8 Å². The molecule has 4 nitrogen and oxygen atoms in total. The van der Waals surface area contributed by atoms with Crippen molar-refractivity contribution in [3.8, 4) is 5.75 Å². The van der Waals surface area contributed by atoms with Crippen molar-refractivity contribution in [2.24, 2.45) is 5.92 Å². The summed E-state index contributed by atoms with van der Waals surface area (Å²) in [6, 6.07) is 4.34. The van der Waals surface area contributed by atoms with E-state index in [4.69, 9.17) is 11.6 Å². The normalized spacial score (nSPS) is 24.3. The van der Waals surface area contributed by atoms with Crippen LogP contribution >= 0.6 is 11.6 Å². The molecule has 2 rings (SSSR count). The summed E-state index contributed by atoms with van der Waals surface area (Å²) in [4.78, 5) is 13.1. The molecule has 0 aliphatic carbocycles.